The molecule has 4 rings (SSSR count). The van der Waals surface area contributed by atoms with Gasteiger partial charge in [0.05, 0.1) is 17.2 Å². The fourth-order valence-corrected chi connectivity index (χ4v) is 4.12. The van der Waals surface area contributed by atoms with Gasteiger partial charge in [-0.05, 0) is 26.3 Å². The zero-order valence-corrected chi connectivity index (χ0v) is 13.8. The Morgan fingerprint density at radius 1 is 1.39 bits per heavy atom. The molecule has 7 heteroatoms. The Kier molecular flexibility index (Phi) is 3.74. The zero-order valence-electron chi connectivity index (χ0n) is 13.0. The first kappa shape index (κ1) is 14.6. The molecule has 0 unspecified atom stereocenters. The van der Waals surface area contributed by atoms with Gasteiger partial charge >= 0.3 is 0 Å². The Balaban J connectivity index is 1.68. The molecule has 0 spiro atoms. The first-order valence-corrected chi connectivity index (χ1v) is 8.79. The van der Waals surface area contributed by atoms with E-state index >= 15 is 0 Å². The standard InChI is InChI=1S/C16H19N5OS/c1-11-14(23-10-18-11)9-20-6-3-2-4-13(20)12-8-15(22)21-7-5-17-16(21)19-12/h5,7-8,10,13H,2-4,6,9H2,1H3,(H,17,19)/t13-/m1/s1. The number of aryl methyl sites for hydroxylation is 1. The molecule has 4 heterocycles. The monoisotopic (exact) mass is 329 g/mol. The summed E-state index contributed by atoms with van der Waals surface area (Å²) in [4.78, 5) is 27.9. The average molecular weight is 329 g/mol. The molecule has 1 N–H and O–H groups in total. The normalized spacial score (nSPS) is 19.4. The Morgan fingerprint density at radius 3 is 3.13 bits per heavy atom. The van der Waals surface area contributed by atoms with Gasteiger partial charge in [-0.15, -0.1) is 11.3 Å². The van der Waals surface area contributed by atoms with Gasteiger partial charge in [-0.25, -0.2) is 9.97 Å². The smallest absolute Gasteiger partial charge is 0.259 e. The third kappa shape index (κ3) is 2.70. The number of imidazole rings is 1. The second kappa shape index (κ2) is 5.90. The average Bonchev–Trinajstić information content (AvgIpc) is 3.18. The van der Waals surface area contributed by atoms with Crippen LogP contribution in [0.5, 0.6) is 0 Å². The molecule has 0 bridgehead atoms. The quantitative estimate of drug-likeness (QED) is 0.802. The molecule has 0 amide bonds. The Labute approximate surface area is 137 Å². The number of aromatic nitrogens is 4. The topological polar surface area (TPSA) is 66.3 Å². The third-order valence-corrected chi connectivity index (χ3v) is 5.50. The lowest BCUT2D eigenvalue weighted by Gasteiger charge is -2.35. The highest BCUT2D eigenvalue weighted by Gasteiger charge is 2.26. The molecular formula is C16H19N5OS. The molecule has 1 atom stereocenters. The number of hydrogen-bond donors (Lipinski definition) is 1. The summed E-state index contributed by atoms with van der Waals surface area (Å²) >= 11 is 1.71. The first-order chi connectivity index (χ1) is 11.2. The zero-order chi connectivity index (χ0) is 15.8. The van der Waals surface area contributed by atoms with E-state index in [9.17, 15) is 4.79 Å². The molecule has 0 saturated carbocycles. The van der Waals surface area contributed by atoms with Gasteiger partial charge in [-0.1, -0.05) is 6.42 Å². The lowest BCUT2D eigenvalue weighted by atomic mass is 9.99. The molecule has 0 aliphatic carbocycles. The number of aromatic amines is 1. The molecule has 6 nitrogen and oxygen atoms in total. The van der Waals surface area contributed by atoms with Crippen LogP contribution in [-0.4, -0.2) is 30.8 Å². The number of piperidine rings is 1. The van der Waals surface area contributed by atoms with Crippen molar-refractivity contribution in [2.45, 2.75) is 38.8 Å². The van der Waals surface area contributed by atoms with Crippen molar-refractivity contribution in [3.05, 3.63) is 50.6 Å². The molecule has 1 aliphatic heterocycles. The van der Waals surface area contributed by atoms with Gasteiger partial charge in [0.15, 0.2) is 0 Å². The maximum absolute atomic E-state index is 12.3. The van der Waals surface area contributed by atoms with E-state index in [2.05, 4.69) is 26.8 Å². The molecule has 1 aliphatic rings. The van der Waals surface area contributed by atoms with Crippen molar-refractivity contribution >= 4 is 17.1 Å². The van der Waals surface area contributed by atoms with Crippen LogP contribution in [0.1, 0.15) is 41.6 Å². The molecule has 120 valence electrons. The predicted molar refractivity (Wildman–Crippen MR) is 89.7 cm³/mol. The van der Waals surface area contributed by atoms with Crippen LogP contribution in [0.4, 0.5) is 0 Å². The lowest BCUT2D eigenvalue weighted by Crippen LogP contribution is -2.34. The van der Waals surface area contributed by atoms with E-state index < -0.39 is 0 Å². The van der Waals surface area contributed by atoms with Gasteiger partial charge in [0.25, 0.3) is 5.56 Å². The van der Waals surface area contributed by atoms with Crippen molar-refractivity contribution in [1.29, 1.82) is 0 Å². The molecule has 1 fully saturated rings. The second-order valence-corrected chi connectivity index (χ2v) is 6.97. The van der Waals surface area contributed by atoms with Crippen molar-refractivity contribution in [2.24, 2.45) is 0 Å². The Morgan fingerprint density at radius 2 is 2.30 bits per heavy atom. The van der Waals surface area contributed by atoms with Crippen LogP contribution < -0.4 is 5.56 Å². The molecule has 0 radical (unpaired) electrons. The van der Waals surface area contributed by atoms with E-state index in [-0.39, 0.29) is 11.6 Å². The summed E-state index contributed by atoms with van der Waals surface area (Å²) in [6.07, 6.45) is 6.78. The van der Waals surface area contributed by atoms with Crippen LogP contribution in [0.2, 0.25) is 0 Å². The maximum Gasteiger partial charge on any atom is 0.259 e. The lowest BCUT2D eigenvalue weighted by molar-refractivity contribution is 0.138. The molecule has 1 saturated heterocycles. The van der Waals surface area contributed by atoms with Gasteiger partial charge < -0.3 is 4.98 Å². The number of thiazole rings is 1. The fourth-order valence-electron chi connectivity index (χ4n) is 3.32. The molecule has 3 aromatic heterocycles. The highest BCUT2D eigenvalue weighted by molar-refractivity contribution is 7.09. The van der Waals surface area contributed by atoms with Crippen LogP contribution in [0.15, 0.2) is 28.8 Å². The van der Waals surface area contributed by atoms with Crippen LogP contribution in [-0.2, 0) is 6.54 Å². The Bertz CT molecular complexity index is 880. The van der Waals surface area contributed by atoms with E-state index in [4.69, 9.17) is 0 Å². The number of nitrogens with one attached hydrogen (secondary N) is 1. The van der Waals surface area contributed by atoms with Crippen LogP contribution in [0.25, 0.3) is 5.78 Å². The van der Waals surface area contributed by atoms with Gasteiger partial charge in [-0.3, -0.25) is 14.1 Å². The SMILES string of the molecule is Cc1ncsc1CN1CCCC[C@@H]1c1cc(=O)n2ccnc2[nH]1. The van der Waals surface area contributed by atoms with Crippen LogP contribution in [0, 0.1) is 6.92 Å². The van der Waals surface area contributed by atoms with Crippen LogP contribution in [0.3, 0.4) is 0 Å². The maximum atomic E-state index is 12.3. The minimum absolute atomic E-state index is 0.0225. The number of rotatable bonds is 3. The summed E-state index contributed by atoms with van der Waals surface area (Å²) in [6.45, 7) is 4.00. The fraction of sp³-hybridized carbons (Fsp3) is 0.438. The second-order valence-electron chi connectivity index (χ2n) is 6.03. The number of H-pyrrole nitrogens is 1. The van der Waals surface area contributed by atoms with Crippen LogP contribution >= 0.6 is 11.3 Å². The van der Waals surface area contributed by atoms with Gasteiger partial charge in [0.2, 0.25) is 5.78 Å². The van der Waals surface area contributed by atoms with Crippen molar-refractivity contribution in [3.63, 3.8) is 0 Å². The van der Waals surface area contributed by atoms with Crippen molar-refractivity contribution in [2.75, 3.05) is 6.54 Å². The minimum Gasteiger partial charge on any atom is -0.327 e. The summed E-state index contributed by atoms with van der Waals surface area (Å²) < 4.78 is 1.55. The summed E-state index contributed by atoms with van der Waals surface area (Å²) in [5, 5.41) is 0. The molecule has 3 aromatic rings. The third-order valence-electron chi connectivity index (χ3n) is 4.58. The van der Waals surface area contributed by atoms with Crippen molar-refractivity contribution in [3.8, 4) is 0 Å². The first-order valence-electron chi connectivity index (χ1n) is 7.91. The number of nitrogens with zero attached hydrogens (tertiary/aromatic N) is 4. The Hall–Kier alpha value is -1.99. The summed E-state index contributed by atoms with van der Waals surface area (Å²) in [6, 6.07) is 1.96. The minimum atomic E-state index is -0.0225. The molecule has 23 heavy (non-hydrogen) atoms. The van der Waals surface area contributed by atoms with Crippen molar-refractivity contribution < 1.29 is 0 Å². The number of likely N-dealkylation sites (tertiary alicyclic amines) is 1. The van der Waals surface area contributed by atoms with E-state index in [1.807, 2.05) is 5.51 Å². The summed E-state index contributed by atoms with van der Waals surface area (Å²) in [7, 11) is 0. The summed E-state index contributed by atoms with van der Waals surface area (Å²) in [5.74, 6) is 0.618. The van der Waals surface area contributed by atoms with E-state index in [1.165, 1.54) is 17.7 Å². The number of fused-ring (bicyclic) bond motifs is 1. The van der Waals surface area contributed by atoms with E-state index in [0.29, 0.717) is 5.78 Å². The van der Waals surface area contributed by atoms with E-state index in [1.54, 1.807) is 34.2 Å². The summed E-state index contributed by atoms with van der Waals surface area (Å²) in [5.41, 5.74) is 3.96. The molecular weight excluding hydrogens is 310 g/mol. The van der Waals surface area contributed by atoms with Gasteiger partial charge in [0, 0.05) is 35.6 Å². The van der Waals surface area contributed by atoms with Crippen molar-refractivity contribution in [1.82, 2.24) is 24.3 Å². The molecule has 0 aromatic carbocycles. The predicted octanol–water partition coefficient (Wildman–Crippen LogP) is 2.51. The largest absolute Gasteiger partial charge is 0.327 e. The number of hydrogen-bond acceptors (Lipinski definition) is 5. The van der Waals surface area contributed by atoms with Gasteiger partial charge in [0.1, 0.15) is 0 Å². The highest BCUT2D eigenvalue weighted by Crippen LogP contribution is 2.31. The van der Waals surface area contributed by atoms with E-state index in [0.717, 1.165) is 30.9 Å². The van der Waals surface area contributed by atoms with Gasteiger partial charge in [-0.2, -0.15) is 0 Å². The highest BCUT2D eigenvalue weighted by atomic mass is 32.1.